The zero-order valence-corrected chi connectivity index (χ0v) is 19.5. The summed E-state index contributed by atoms with van der Waals surface area (Å²) >= 11 is 1.06. The van der Waals surface area contributed by atoms with Crippen LogP contribution in [0.5, 0.6) is 11.5 Å². The van der Waals surface area contributed by atoms with Crippen molar-refractivity contribution in [3.63, 3.8) is 0 Å². The molecule has 0 spiro atoms. The Morgan fingerprint density at radius 1 is 0.971 bits per heavy atom. The number of carbonyl (C=O) groups excluding carboxylic acids is 2. The second kappa shape index (κ2) is 11.2. The van der Waals surface area contributed by atoms with Gasteiger partial charge < -0.3 is 10.1 Å². The van der Waals surface area contributed by atoms with Crippen molar-refractivity contribution in [1.29, 1.82) is 0 Å². The third kappa shape index (κ3) is 5.96. The van der Waals surface area contributed by atoms with Crippen LogP contribution in [0.15, 0.2) is 101 Å². The summed E-state index contributed by atoms with van der Waals surface area (Å²) in [6, 6.07) is 22.8. The molecule has 1 aromatic heterocycles. The molecule has 0 aliphatic carbocycles. The summed E-state index contributed by atoms with van der Waals surface area (Å²) in [6.07, 6.45) is 1.51. The summed E-state index contributed by atoms with van der Waals surface area (Å²) in [5, 5.41) is 5.49. The van der Waals surface area contributed by atoms with Gasteiger partial charge in [-0.1, -0.05) is 48.2 Å². The second-order valence-electron chi connectivity index (χ2n) is 7.30. The fourth-order valence-corrected chi connectivity index (χ4v) is 4.04. The number of amides is 3. The first-order valence-electron chi connectivity index (χ1n) is 10.7. The Labute approximate surface area is 205 Å². The molecule has 0 saturated heterocycles. The number of carbonyl (C=O) groups is 2. The van der Waals surface area contributed by atoms with Crippen molar-refractivity contribution in [2.45, 2.75) is 5.16 Å². The van der Waals surface area contributed by atoms with Gasteiger partial charge in [0.05, 0.1) is 22.3 Å². The highest BCUT2D eigenvalue weighted by atomic mass is 32.2. The summed E-state index contributed by atoms with van der Waals surface area (Å²) in [7, 11) is 0. The lowest BCUT2D eigenvalue weighted by molar-refractivity contribution is -0.117. The van der Waals surface area contributed by atoms with E-state index in [1.54, 1.807) is 48.5 Å². The highest BCUT2D eigenvalue weighted by molar-refractivity contribution is 7.99. The number of fused-ring (bicyclic) bond motifs is 1. The van der Waals surface area contributed by atoms with E-state index >= 15 is 0 Å². The van der Waals surface area contributed by atoms with Gasteiger partial charge in [0.25, 0.3) is 5.56 Å². The van der Waals surface area contributed by atoms with Crippen molar-refractivity contribution in [2.75, 3.05) is 12.3 Å². The average molecular weight is 487 g/mol. The van der Waals surface area contributed by atoms with E-state index in [0.717, 1.165) is 11.8 Å². The van der Waals surface area contributed by atoms with E-state index in [0.29, 0.717) is 33.2 Å². The summed E-state index contributed by atoms with van der Waals surface area (Å²) in [4.78, 5) is 42.0. The number of urea groups is 1. The lowest BCUT2D eigenvalue weighted by Gasteiger charge is -2.14. The Bertz CT molecular complexity index is 1420. The van der Waals surface area contributed by atoms with Crippen LogP contribution in [-0.2, 0) is 4.79 Å². The highest BCUT2D eigenvalue weighted by Gasteiger charge is 2.16. The summed E-state index contributed by atoms with van der Waals surface area (Å²) in [6.45, 7) is 3.74. The summed E-state index contributed by atoms with van der Waals surface area (Å²) in [5.41, 5.74) is 0.823. The van der Waals surface area contributed by atoms with E-state index in [4.69, 9.17) is 4.74 Å². The van der Waals surface area contributed by atoms with E-state index in [1.807, 2.05) is 30.3 Å². The Kier molecular flexibility index (Phi) is 7.59. The quantitative estimate of drug-likeness (QED) is 0.219. The molecule has 4 rings (SSSR count). The molecule has 0 aliphatic heterocycles. The van der Waals surface area contributed by atoms with Crippen LogP contribution < -0.4 is 20.9 Å². The maximum Gasteiger partial charge on any atom is 0.321 e. The van der Waals surface area contributed by atoms with Crippen LogP contribution in [0.3, 0.4) is 0 Å². The van der Waals surface area contributed by atoms with Crippen LogP contribution in [0.4, 0.5) is 4.79 Å². The van der Waals surface area contributed by atoms with Crippen molar-refractivity contribution in [3.05, 3.63) is 102 Å². The van der Waals surface area contributed by atoms with Crippen LogP contribution in [0, 0.1) is 0 Å². The number of imide groups is 1. The predicted octanol–water partition coefficient (Wildman–Crippen LogP) is 4.28. The lowest BCUT2D eigenvalue weighted by Crippen LogP contribution is -2.40. The number of nitrogens with one attached hydrogen (secondary N) is 2. The smallest absolute Gasteiger partial charge is 0.321 e. The maximum absolute atomic E-state index is 13.4. The molecule has 0 unspecified atom stereocenters. The number of hydrogen-bond donors (Lipinski definition) is 2. The number of benzene rings is 3. The number of hydrogen-bond acceptors (Lipinski definition) is 6. The summed E-state index contributed by atoms with van der Waals surface area (Å²) in [5.74, 6) is 0.684. The van der Waals surface area contributed by atoms with Crippen LogP contribution in [-0.4, -0.2) is 33.8 Å². The van der Waals surface area contributed by atoms with Crippen molar-refractivity contribution in [3.8, 4) is 17.2 Å². The molecule has 4 aromatic rings. The molecule has 0 aliphatic rings. The molecule has 9 heteroatoms. The zero-order valence-electron chi connectivity index (χ0n) is 18.6. The Hall–Kier alpha value is -4.37. The van der Waals surface area contributed by atoms with Crippen LogP contribution in [0.25, 0.3) is 16.6 Å². The van der Waals surface area contributed by atoms with Gasteiger partial charge in [-0.3, -0.25) is 19.5 Å². The first kappa shape index (κ1) is 23.8. The van der Waals surface area contributed by atoms with Gasteiger partial charge in [-0.2, -0.15) is 0 Å². The Morgan fingerprint density at radius 3 is 2.40 bits per heavy atom. The molecule has 0 bridgehead atoms. The molecule has 2 N–H and O–H groups in total. The van der Waals surface area contributed by atoms with E-state index in [-0.39, 0.29) is 17.9 Å². The summed E-state index contributed by atoms with van der Waals surface area (Å²) < 4.78 is 7.29. The third-order valence-corrected chi connectivity index (χ3v) is 5.75. The number of rotatable bonds is 8. The number of ether oxygens (including phenoxy) is 1. The molecule has 0 atom stereocenters. The van der Waals surface area contributed by atoms with E-state index < -0.39 is 11.9 Å². The molecule has 1 heterocycles. The number of para-hydroxylation sites is 2. The molecule has 0 saturated carbocycles. The van der Waals surface area contributed by atoms with Gasteiger partial charge in [0.1, 0.15) is 11.5 Å². The fourth-order valence-electron chi connectivity index (χ4n) is 3.23. The van der Waals surface area contributed by atoms with Gasteiger partial charge in [0.2, 0.25) is 5.91 Å². The van der Waals surface area contributed by atoms with Crippen LogP contribution >= 0.6 is 11.8 Å². The van der Waals surface area contributed by atoms with Gasteiger partial charge in [-0.05, 0) is 48.5 Å². The van der Waals surface area contributed by atoms with Crippen LogP contribution in [0.1, 0.15) is 0 Å². The van der Waals surface area contributed by atoms with Gasteiger partial charge >= 0.3 is 6.03 Å². The van der Waals surface area contributed by atoms with Crippen molar-refractivity contribution in [2.24, 2.45) is 0 Å². The van der Waals surface area contributed by atoms with Crippen molar-refractivity contribution >= 4 is 34.6 Å². The zero-order chi connectivity index (χ0) is 24.6. The van der Waals surface area contributed by atoms with Gasteiger partial charge in [0.15, 0.2) is 5.16 Å². The average Bonchev–Trinajstić information content (AvgIpc) is 2.88. The molecular weight excluding hydrogens is 464 g/mol. The SMILES string of the molecule is C=CCNC(=O)NC(=O)CSc1nc2ccccc2c(=O)n1-c1ccc(Oc2ccccc2)cc1. The topological polar surface area (TPSA) is 102 Å². The molecule has 3 aromatic carbocycles. The minimum Gasteiger partial charge on any atom is -0.457 e. The molecule has 0 fully saturated rings. The van der Waals surface area contributed by atoms with Crippen molar-refractivity contribution < 1.29 is 14.3 Å². The number of thioether (sulfide) groups is 1. The minimum absolute atomic E-state index is 0.110. The monoisotopic (exact) mass is 486 g/mol. The normalized spacial score (nSPS) is 10.5. The first-order chi connectivity index (χ1) is 17.0. The molecule has 35 heavy (non-hydrogen) atoms. The number of aromatic nitrogens is 2. The Balaban J connectivity index is 1.61. The molecule has 3 amide bonds. The van der Waals surface area contributed by atoms with Crippen molar-refractivity contribution in [1.82, 2.24) is 20.2 Å². The Morgan fingerprint density at radius 2 is 1.66 bits per heavy atom. The first-order valence-corrected chi connectivity index (χ1v) is 11.7. The van der Waals surface area contributed by atoms with Gasteiger partial charge in [-0.15, -0.1) is 6.58 Å². The van der Waals surface area contributed by atoms with Gasteiger partial charge in [0, 0.05) is 6.54 Å². The van der Waals surface area contributed by atoms with Gasteiger partial charge in [-0.25, -0.2) is 9.78 Å². The fraction of sp³-hybridized carbons (Fsp3) is 0.0769. The predicted molar refractivity (Wildman–Crippen MR) is 136 cm³/mol. The largest absolute Gasteiger partial charge is 0.457 e. The maximum atomic E-state index is 13.4. The number of nitrogens with zero attached hydrogens (tertiary/aromatic N) is 2. The molecular formula is C26H22N4O4S. The molecule has 8 nitrogen and oxygen atoms in total. The van der Waals surface area contributed by atoms with E-state index in [2.05, 4.69) is 22.2 Å². The third-order valence-electron chi connectivity index (χ3n) is 4.81. The molecule has 176 valence electrons. The molecule has 0 radical (unpaired) electrons. The van der Waals surface area contributed by atoms with Crippen LogP contribution in [0.2, 0.25) is 0 Å². The highest BCUT2D eigenvalue weighted by Crippen LogP contribution is 2.25. The second-order valence-corrected chi connectivity index (χ2v) is 8.24. The lowest BCUT2D eigenvalue weighted by atomic mass is 10.2. The minimum atomic E-state index is -0.617. The van der Waals surface area contributed by atoms with E-state index in [9.17, 15) is 14.4 Å². The van der Waals surface area contributed by atoms with E-state index in [1.165, 1.54) is 10.6 Å². The standard InChI is InChI=1S/C26H22N4O4S/c1-2-16-27-25(33)29-23(31)17-35-26-28-22-11-7-6-10-21(22)24(32)30(26)18-12-14-20(15-13-18)34-19-8-4-3-5-9-19/h2-15H,1,16-17H2,(H2,27,29,31,33).